The molecule has 1 aromatic heterocycles. The smallest absolute Gasteiger partial charge is 0.274 e. The summed E-state index contributed by atoms with van der Waals surface area (Å²) in [7, 11) is 0. The summed E-state index contributed by atoms with van der Waals surface area (Å²) in [5.74, 6) is 0.508. The molecule has 5 nitrogen and oxygen atoms in total. The molecule has 1 fully saturated rings. The average molecular weight is 296 g/mol. The number of carbonyl (C=O) groups is 1. The molecule has 1 saturated carbocycles. The second kappa shape index (κ2) is 6.13. The Morgan fingerprint density at radius 1 is 1.32 bits per heavy atom. The van der Waals surface area contributed by atoms with E-state index in [9.17, 15) is 4.79 Å². The Balaban J connectivity index is 1.79. The van der Waals surface area contributed by atoms with Gasteiger partial charge in [-0.25, -0.2) is 9.97 Å². The number of aromatic nitrogens is 2. The predicted octanol–water partition coefficient (Wildman–Crippen LogP) is 3.17. The highest BCUT2D eigenvalue weighted by Crippen LogP contribution is 2.24. The number of hydrogen-bond acceptors (Lipinski definition) is 4. The van der Waals surface area contributed by atoms with Crippen molar-refractivity contribution >= 4 is 17.4 Å². The third-order valence-electron chi connectivity index (χ3n) is 3.81. The lowest BCUT2D eigenvalue weighted by Gasteiger charge is -2.13. The number of benzene rings is 1. The fourth-order valence-electron chi connectivity index (χ4n) is 2.38. The molecule has 5 heteroatoms. The Hall–Kier alpha value is -2.43. The summed E-state index contributed by atoms with van der Waals surface area (Å²) < 4.78 is 0. The number of hydrogen-bond donors (Lipinski definition) is 2. The molecule has 0 atom stereocenters. The van der Waals surface area contributed by atoms with E-state index < -0.39 is 0 Å². The van der Waals surface area contributed by atoms with Crippen LogP contribution < -0.4 is 10.6 Å². The van der Waals surface area contributed by atoms with Gasteiger partial charge in [-0.05, 0) is 37.3 Å². The first-order valence-corrected chi connectivity index (χ1v) is 7.65. The summed E-state index contributed by atoms with van der Waals surface area (Å²) >= 11 is 0. The van der Waals surface area contributed by atoms with Crippen molar-refractivity contribution in [2.45, 2.75) is 39.2 Å². The van der Waals surface area contributed by atoms with E-state index in [1.54, 1.807) is 6.07 Å². The number of rotatable bonds is 5. The van der Waals surface area contributed by atoms with Gasteiger partial charge in [-0.1, -0.05) is 25.1 Å². The van der Waals surface area contributed by atoms with Gasteiger partial charge in [-0.2, -0.15) is 0 Å². The highest BCUT2D eigenvalue weighted by Gasteiger charge is 2.22. The maximum absolute atomic E-state index is 12.5. The van der Waals surface area contributed by atoms with E-state index in [-0.39, 0.29) is 5.91 Å². The number of carbonyl (C=O) groups excluding carboxylic acids is 1. The van der Waals surface area contributed by atoms with Gasteiger partial charge < -0.3 is 10.6 Å². The first-order chi connectivity index (χ1) is 10.7. The van der Waals surface area contributed by atoms with Crippen molar-refractivity contribution in [2.24, 2.45) is 0 Å². The summed E-state index contributed by atoms with van der Waals surface area (Å²) in [4.78, 5) is 20.7. The second-order valence-electron chi connectivity index (χ2n) is 5.62. The predicted molar refractivity (Wildman–Crippen MR) is 87.2 cm³/mol. The molecule has 0 bridgehead atoms. The topological polar surface area (TPSA) is 66.9 Å². The molecule has 0 unspecified atom stereocenters. The zero-order valence-electron chi connectivity index (χ0n) is 12.9. The molecule has 0 spiro atoms. The van der Waals surface area contributed by atoms with Crippen LogP contribution in [0.25, 0.3) is 0 Å². The Bertz CT molecular complexity index is 695. The quantitative estimate of drug-likeness (QED) is 0.889. The van der Waals surface area contributed by atoms with Crippen molar-refractivity contribution in [3.8, 4) is 0 Å². The van der Waals surface area contributed by atoms with Gasteiger partial charge in [-0.15, -0.1) is 0 Å². The molecule has 0 radical (unpaired) electrons. The van der Waals surface area contributed by atoms with E-state index >= 15 is 0 Å². The molecule has 1 aliphatic rings. The number of anilines is 2. The van der Waals surface area contributed by atoms with E-state index in [4.69, 9.17) is 0 Å². The van der Waals surface area contributed by atoms with Gasteiger partial charge >= 0.3 is 0 Å². The normalized spacial score (nSPS) is 13.7. The summed E-state index contributed by atoms with van der Waals surface area (Å²) in [5, 5.41) is 6.26. The van der Waals surface area contributed by atoms with E-state index in [0.717, 1.165) is 36.1 Å². The minimum Gasteiger partial charge on any atom is -0.367 e. The molecule has 2 N–H and O–H groups in total. The van der Waals surface area contributed by atoms with Gasteiger partial charge in [0.05, 0.1) is 0 Å². The molecule has 0 saturated heterocycles. The summed E-state index contributed by atoms with van der Waals surface area (Å²) in [5.41, 5.74) is 3.44. The standard InChI is InChI=1S/C17H20N4O/c1-3-12-6-4-5-11(2)16(12)21-17(22)14-9-15(19-10-18-14)20-13-7-8-13/h4-6,9-10,13H,3,7-8H2,1-2H3,(H,21,22)(H,18,19,20). The van der Waals surface area contributed by atoms with Gasteiger partial charge in [0.2, 0.25) is 0 Å². The van der Waals surface area contributed by atoms with E-state index in [0.29, 0.717) is 17.6 Å². The van der Waals surface area contributed by atoms with Crippen LogP contribution in [0.2, 0.25) is 0 Å². The fraction of sp³-hybridized carbons (Fsp3) is 0.353. The molecular weight excluding hydrogens is 276 g/mol. The minimum atomic E-state index is -0.203. The monoisotopic (exact) mass is 296 g/mol. The SMILES string of the molecule is CCc1cccc(C)c1NC(=O)c1cc(NC2CC2)ncn1. The summed E-state index contributed by atoms with van der Waals surface area (Å²) in [6.45, 7) is 4.07. The van der Waals surface area contributed by atoms with E-state index in [1.165, 1.54) is 6.33 Å². The number of aryl methyl sites for hydroxylation is 2. The van der Waals surface area contributed by atoms with Crippen LogP contribution in [0.5, 0.6) is 0 Å². The molecule has 22 heavy (non-hydrogen) atoms. The van der Waals surface area contributed by atoms with E-state index in [2.05, 4.69) is 27.5 Å². The molecule has 1 aliphatic carbocycles. The molecule has 1 heterocycles. The molecule has 2 aromatic rings. The van der Waals surface area contributed by atoms with Gasteiger partial charge in [0.15, 0.2) is 0 Å². The van der Waals surface area contributed by atoms with Crippen molar-refractivity contribution in [3.05, 3.63) is 47.4 Å². The van der Waals surface area contributed by atoms with Gasteiger partial charge in [0, 0.05) is 17.8 Å². The molecular formula is C17H20N4O. The Kier molecular flexibility index (Phi) is 4.04. The highest BCUT2D eigenvalue weighted by molar-refractivity contribution is 6.04. The lowest BCUT2D eigenvalue weighted by atomic mass is 10.1. The van der Waals surface area contributed by atoms with Crippen LogP contribution >= 0.6 is 0 Å². The molecule has 114 valence electrons. The van der Waals surface area contributed by atoms with Crippen molar-refractivity contribution < 1.29 is 4.79 Å². The van der Waals surface area contributed by atoms with Crippen LogP contribution in [-0.2, 0) is 6.42 Å². The first kappa shape index (κ1) is 14.5. The second-order valence-corrected chi connectivity index (χ2v) is 5.62. The lowest BCUT2D eigenvalue weighted by molar-refractivity contribution is 0.102. The summed E-state index contributed by atoms with van der Waals surface area (Å²) in [6.07, 6.45) is 4.62. The number of amides is 1. The summed E-state index contributed by atoms with van der Waals surface area (Å²) in [6, 6.07) is 8.23. The number of para-hydroxylation sites is 1. The van der Waals surface area contributed by atoms with Crippen LogP contribution in [0.4, 0.5) is 11.5 Å². The van der Waals surface area contributed by atoms with Crippen LogP contribution in [0, 0.1) is 6.92 Å². The highest BCUT2D eigenvalue weighted by atomic mass is 16.1. The van der Waals surface area contributed by atoms with Crippen molar-refractivity contribution in [3.63, 3.8) is 0 Å². The lowest BCUT2D eigenvalue weighted by Crippen LogP contribution is -2.16. The minimum absolute atomic E-state index is 0.203. The van der Waals surface area contributed by atoms with Crippen molar-refractivity contribution in [2.75, 3.05) is 10.6 Å². The van der Waals surface area contributed by atoms with Crippen LogP contribution in [0.15, 0.2) is 30.6 Å². The first-order valence-electron chi connectivity index (χ1n) is 7.65. The van der Waals surface area contributed by atoms with E-state index in [1.807, 2.05) is 25.1 Å². The fourth-order valence-corrected chi connectivity index (χ4v) is 2.38. The zero-order chi connectivity index (χ0) is 15.5. The third kappa shape index (κ3) is 3.24. The Morgan fingerprint density at radius 2 is 2.14 bits per heavy atom. The average Bonchev–Trinajstić information content (AvgIpc) is 3.33. The number of nitrogens with zero attached hydrogens (tertiary/aromatic N) is 2. The van der Waals surface area contributed by atoms with Gasteiger partial charge in [0.1, 0.15) is 17.8 Å². The largest absolute Gasteiger partial charge is 0.367 e. The molecule has 0 aliphatic heterocycles. The zero-order valence-corrected chi connectivity index (χ0v) is 12.9. The Morgan fingerprint density at radius 3 is 2.86 bits per heavy atom. The van der Waals surface area contributed by atoms with Crippen LogP contribution in [0.3, 0.4) is 0 Å². The molecule has 3 rings (SSSR count). The van der Waals surface area contributed by atoms with Gasteiger partial charge in [-0.3, -0.25) is 4.79 Å². The molecule has 1 amide bonds. The Labute approximate surface area is 130 Å². The van der Waals surface area contributed by atoms with Gasteiger partial charge in [0.25, 0.3) is 5.91 Å². The number of nitrogens with one attached hydrogen (secondary N) is 2. The maximum Gasteiger partial charge on any atom is 0.274 e. The third-order valence-corrected chi connectivity index (χ3v) is 3.81. The van der Waals surface area contributed by atoms with Crippen molar-refractivity contribution in [1.82, 2.24) is 9.97 Å². The molecule has 1 aromatic carbocycles. The van der Waals surface area contributed by atoms with Crippen LogP contribution in [0.1, 0.15) is 41.4 Å². The maximum atomic E-state index is 12.5. The van der Waals surface area contributed by atoms with Crippen LogP contribution in [-0.4, -0.2) is 21.9 Å². The van der Waals surface area contributed by atoms with Crippen molar-refractivity contribution in [1.29, 1.82) is 0 Å².